The van der Waals surface area contributed by atoms with Gasteiger partial charge >= 0.3 is 6.03 Å². The normalized spacial score (nSPS) is 12.7. The fraction of sp³-hybridized carbons (Fsp3) is 0.368. The lowest BCUT2D eigenvalue weighted by Gasteiger charge is -2.28. The van der Waals surface area contributed by atoms with Gasteiger partial charge in [-0.15, -0.1) is 0 Å². The first-order valence-electron chi connectivity index (χ1n) is 9.44. The number of anilines is 3. The van der Waals surface area contributed by atoms with E-state index in [2.05, 4.69) is 25.9 Å². The molecule has 1 aromatic heterocycles. The number of halogens is 1. The predicted octanol–water partition coefficient (Wildman–Crippen LogP) is 2.92. The molecule has 0 aliphatic heterocycles. The zero-order valence-corrected chi connectivity index (χ0v) is 20.2. The van der Waals surface area contributed by atoms with E-state index in [1.165, 1.54) is 21.7 Å². The number of benzene rings is 1. The third kappa shape index (κ3) is 5.50. The summed E-state index contributed by atoms with van der Waals surface area (Å²) in [5.74, 6) is -0.155. The summed E-state index contributed by atoms with van der Waals surface area (Å²) in [5, 5.41) is -0.279. The van der Waals surface area contributed by atoms with Crippen LogP contribution in [-0.4, -0.2) is 57.9 Å². The molecule has 0 spiro atoms. The molecule has 1 heterocycles. The van der Waals surface area contributed by atoms with Crippen molar-refractivity contribution in [3.05, 3.63) is 34.3 Å². The molecule has 1 atom stereocenters. The van der Waals surface area contributed by atoms with Gasteiger partial charge in [0.25, 0.3) is 0 Å². The SMILES string of the molecule is CCN(C)C(=O)N(C)c1c(N)nc(S(=N)(=O)CC)nc1N(C=O)Cc1ccc(Br)cc1. The summed E-state index contributed by atoms with van der Waals surface area (Å²) in [7, 11) is -0.197. The summed E-state index contributed by atoms with van der Waals surface area (Å²) in [6.07, 6.45) is 0.552. The quantitative estimate of drug-likeness (QED) is 0.412. The lowest BCUT2D eigenvalue weighted by molar-refractivity contribution is -0.107. The molecular formula is C19H26BrN7O3S. The maximum atomic E-state index is 12.8. The summed E-state index contributed by atoms with van der Waals surface area (Å²) >= 11 is 3.37. The van der Waals surface area contributed by atoms with Crippen LogP contribution in [0, 0.1) is 4.78 Å². The molecule has 0 bridgehead atoms. The highest BCUT2D eigenvalue weighted by Gasteiger charge is 2.28. The first kappa shape index (κ1) is 24.5. The Balaban J connectivity index is 2.67. The van der Waals surface area contributed by atoms with Crippen molar-refractivity contribution in [3.8, 4) is 0 Å². The number of hydrogen-bond donors (Lipinski definition) is 2. The average Bonchev–Trinajstić information content (AvgIpc) is 2.76. The lowest BCUT2D eigenvalue weighted by Crippen LogP contribution is -2.40. The topological polar surface area (TPSA) is 137 Å². The van der Waals surface area contributed by atoms with E-state index in [0.717, 1.165) is 10.0 Å². The van der Waals surface area contributed by atoms with Crippen LogP contribution in [0.2, 0.25) is 0 Å². The van der Waals surface area contributed by atoms with E-state index in [9.17, 15) is 13.8 Å². The molecule has 1 aromatic carbocycles. The van der Waals surface area contributed by atoms with Crippen molar-refractivity contribution in [1.82, 2.24) is 14.9 Å². The van der Waals surface area contributed by atoms with Gasteiger partial charge in [-0.2, -0.15) is 4.98 Å². The van der Waals surface area contributed by atoms with Gasteiger partial charge < -0.3 is 10.6 Å². The minimum Gasteiger partial charge on any atom is -0.382 e. The summed E-state index contributed by atoms with van der Waals surface area (Å²) in [6, 6.07) is 6.93. The van der Waals surface area contributed by atoms with E-state index in [1.807, 2.05) is 31.2 Å². The number of urea groups is 1. The molecule has 12 heteroatoms. The van der Waals surface area contributed by atoms with E-state index >= 15 is 0 Å². The number of rotatable bonds is 8. The zero-order chi connectivity index (χ0) is 23.3. The molecule has 0 radical (unpaired) electrons. The van der Waals surface area contributed by atoms with Crippen LogP contribution in [0.1, 0.15) is 19.4 Å². The summed E-state index contributed by atoms with van der Waals surface area (Å²) in [6.45, 7) is 3.96. The fourth-order valence-corrected chi connectivity index (χ4v) is 3.68. The van der Waals surface area contributed by atoms with Crippen LogP contribution >= 0.6 is 15.9 Å². The lowest BCUT2D eigenvalue weighted by atomic mass is 10.2. The molecule has 31 heavy (non-hydrogen) atoms. The van der Waals surface area contributed by atoms with Gasteiger partial charge in [-0.1, -0.05) is 35.0 Å². The van der Waals surface area contributed by atoms with Gasteiger partial charge in [0.1, 0.15) is 15.4 Å². The summed E-state index contributed by atoms with van der Waals surface area (Å²) in [5.41, 5.74) is 7.03. The Morgan fingerprint density at radius 1 is 1.23 bits per heavy atom. The zero-order valence-electron chi connectivity index (χ0n) is 17.8. The second kappa shape index (κ2) is 10.1. The van der Waals surface area contributed by atoms with Crippen LogP contribution in [-0.2, 0) is 21.1 Å². The number of nitrogens with zero attached hydrogens (tertiary/aromatic N) is 5. The molecule has 1 unspecified atom stereocenters. The van der Waals surface area contributed by atoms with Crippen molar-refractivity contribution in [3.63, 3.8) is 0 Å². The fourth-order valence-electron chi connectivity index (χ4n) is 2.67. The first-order valence-corrected chi connectivity index (χ1v) is 12.0. The van der Waals surface area contributed by atoms with Crippen LogP contribution in [0.15, 0.2) is 33.9 Å². The standard InChI is InChI=1S/C19H26BrN7O3S/c1-5-25(3)19(29)26(4)15-16(21)23-18(31(22,30)6-2)24-17(15)27(12-28)11-13-7-9-14(20)10-8-13/h7-10,12,22H,5-6,11H2,1-4H3,(H2,21,23,24). The Morgan fingerprint density at radius 2 is 1.84 bits per heavy atom. The van der Waals surface area contributed by atoms with Crippen LogP contribution in [0.4, 0.5) is 22.1 Å². The van der Waals surface area contributed by atoms with E-state index in [1.54, 1.807) is 14.0 Å². The molecule has 2 aromatic rings. The third-order valence-electron chi connectivity index (χ3n) is 4.66. The molecule has 0 aliphatic carbocycles. The third-order valence-corrected chi connectivity index (χ3v) is 6.78. The predicted molar refractivity (Wildman–Crippen MR) is 125 cm³/mol. The van der Waals surface area contributed by atoms with Crippen molar-refractivity contribution in [2.45, 2.75) is 25.5 Å². The van der Waals surface area contributed by atoms with Gasteiger partial charge in [-0.05, 0) is 24.6 Å². The highest BCUT2D eigenvalue weighted by atomic mass is 79.9. The van der Waals surface area contributed by atoms with Gasteiger partial charge in [-0.3, -0.25) is 14.6 Å². The number of hydrogen-bond acceptors (Lipinski definition) is 7. The second-order valence-corrected chi connectivity index (χ2v) is 9.95. The van der Waals surface area contributed by atoms with Crippen LogP contribution in [0.25, 0.3) is 0 Å². The highest BCUT2D eigenvalue weighted by Crippen LogP contribution is 2.34. The smallest absolute Gasteiger partial charge is 0.324 e. The Kier molecular flexibility index (Phi) is 7.96. The van der Waals surface area contributed by atoms with Crippen molar-refractivity contribution in [2.24, 2.45) is 0 Å². The van der Waals surface area contributed by atoms with E-state index in [0.29, 0.717) is 13.0 Å². The Hall–Kier alpha value is -2.73. The van der Waals surface area contributed by atoms with Gasteiger partial charge in [0, 0.05) is 30.9 Å². The van der Waals surface area contributed by atoms with E-state index < -0.39 is 9.73 Å². The van der Waals surface area contributed by atoms with Crippen molar-refractivity contribution >= 4 is 55.4 Å². The minimum atomic E-state index is -3.31. The molecule has 3 amide bonds. The average molecular weight is 512 g/mol. The van der Waals surface area contributed by atoms with Crippen molar-refractivity contribution < 1.29 is 13.8 Å². The molecule has 2 rings (SSSR count). The number of nitrogens with two attached hydrogens (primary N) is 1. The van der Waals surface area contributed by atoms with Gasteiger partial charge in [0.15, 0.2) is 11.6 Å². The number of aromatic nitrogens is 2. The largest absolute Gasteiger partial charge is 0.382 e. The van der Waals surface area contributed by atoms with Gasteiger partial charge in [0.2, 0.25) is 11.6 Å². The minimum absolute atomic E-state index is 0.00852. The van der Waals surface area contributed by atoms with Crippen molar-refractivity contribution in [2.75, 3.05) is 41.9 Å². The Labute approximate surface area is 190 Å². The van der Waals surface area contributed by atoms with Crippen molar-refractivity contribution in [1.29, 1.82) is 4.78 Å². The highest BCUT2D eigenvalue weighted by molar-refractivity contribution is 9.10. The van der Waals surface area contributed by atoms with Gasteiger partial charge in [0.05, 0.1) is 6.54 Å². The molecule has 3 N–H and O–H groups in total. The van der Waals surface area contributed by atoms with Gasteiger partial charge in [-0.25, -0.2) is 18.8 Å². The number of amides is 3. The maximum Gasteiger partial charge on any atom is 0.324 e. The van der Waals surface area contributed by atoms with Crippen LogP contribution in [0.3, 0.4) is 0 Å². The number of carbonyl (C=O) groups is 2. The van der Waals surface area contributed by atoms with E-state index in [4.69, 9.17) is 10.5 Å². The molecule has 10 nitrogen and oxygen atoms in total. The second-order valence-electron chi connectivity index (χ2n) is 6.74. The number of carbonyl (C=O) groups excluding carboxylic acids is 2. The molecule has 0 fully saturated rings. The summed E-state index contributed by atoms with van der Waals surface area (Å²) in [4.78, 5) is 37.1. The molecule has 0 aliphatic rings. The van der Waals surface area contributed by atoms with Crippen LogP contribution < -0.4 is 15.5 Å². The van der Waals surface area contributed by atoms with E-state index in [-0.39, 0.29) is 40.8 Å². The van der Waals surface area contributed by atoms with Crippen LogP contribution in [0.5, 0.6) is 0 Å². The first-order chi connectivity index (χ1) is 14.5. The molecule has 168 valence electrons. The molecular weight excluding hydrogens is 486 g/mol. The number of nitrogens with one attached hydrogen (secondary N) is 1. The summed E-state index contributed by atoms with van der Waals surface area (Å²) < 4.78 is 21.6. The Bertz CT molecular complexity index is 1060. The molecule has 0 saturated heterocycles. The number of nitrogen functional groups attached to an aromatic ring is 1. The molecule has 0 saturated carbocycles. The Morgan fingerprint density at radius 3 is 2.35 bits per heavy atom. The maximum absolute atomic E-state index is 12.8. The monoisotopic (exact) mass is 511 g/mol.